The van der Waals surface area contributed by atoms with Crippen molar-refractivity contribution >= 4 is 11.7 Å². The molecule has 3 rings (SSSR count). The van der Waals surface area contributed by atoms with Crippen molar-refractivity contribution in [3.8, 4) is 5.75 Å². The minimum absolute atomic E-state index is 0.0254. The fourth-order valence-electron chi connectivity index (χ4n) is 4.31. The smallest absolute Gasteiger partial charge is 0.290 e. The number of nitrogens with zero attached hydrogens (tertiary/aromatic N) is 1. The summed E-state index contributed by atoms with van der Waals surface area (Å²) >= 11 is 0. The van der Waals surface area contributed by atoms with Crippen molar-refractivity contribution in [2.45, 2.75) is 78.0 Å². The first-order chi connectivity index (χ1) is 13.3. The number of ketones is 1. The SMILES string of the molecule is CC(C)CC(=O)C1=C(O)C(=O)N(C2CCCC2)C1c1cccc(OC(C)C)c1. The molecule has 0 radical (unpaired) electrons. The van der Waals surface area contributed by atoms with Crippen LogP contribution >= 0.6 is 0 Å². The van der Waals surface area contributed by atoms with E-state index in [1.807, 2.05) is 52.0 Å². The Bertz CT molecular complexity index is 775. The molecule has 0 aromatic heterocycles. The second kappa shape index (κ2) is 8.38. The van der Waals surface area contributed by atoms with Crippen molar-refractivity contribution < 1.29 is 19.4 Å². The Labute approximate surface area is 167 Å². The number of aliphatic hydroxyl groups excluding tert-OH is 1. The highest BCUT2D eigenvalue weighted by Gasteiger charge is 2.46. The summed E-state index contributed by atoms with van der Waals surface area (Å²) < 4.78 is 5.82. The Morgan fingerprint density at radius 3 is 2.50 bits per heavy atom. The van der Waals surface area contributed by atoms with Crippen LogP contribution in [0, 0.1) is 5.92 Å². The first kappa shape index (κ1) is 20.4. The van der Waals surface area contributed by atoms with Crippen LogP contribution in [0.5, 0.6) is 5.75 Å². The van der Waals surface area contributed by atoms with E-state index in [0.717, 1.165) is 31.2 Å². The molecule has 152 valence electrons. The topological polar surface area (TPSA) is 66.8 Å². The number of Topliss-reactive ketones (excluding diaryl/α,β-unsaturated/α-hetero) is 1. The van der Waals surface area contributed by atoms with E-state index in [4.69, 9.17) is 4.74 Å². The molecule has 28 heavy (non-hydrogen) atoms. The fourth-order valence-corrected chi connectivity index (χ4v) is 4.31. The Morgan fingerprint density at radius 2 is 1.89 bits per heavy atom. The van der Waals surface area contributed by atoms with E-state index >= 15 is 0 Å². The standard InChI is InChI=1S/C23H31NO4/c1-14(2)12-19(25)20-21(16-8-7-11-18(13-16)28-15(3)4)24(23(27)22(20)26)17-9-5-6-10-17/h7-8,11,13-15,17,21,26H,5-6,9-10,12H2,1-4H3. The lowest BCUT2D eigenvalue weighted by Crippen LogP contribution is -2.38. The van der Waals surface area contributed by atoms with Gasteiger partial charge in [0.15, 0.2) is 11.5 Å². The van der Waals surface area contributed by atoms with Crippen LogP contribution in [0.3, 0.4) is 0 Å². The van der Waals surface area contributed by atoms with Crippen LogP contribution in [-0.4, -0.2) is 33.8 Å². The molecule has 0 bridgehead atoms. The number of ether oxygens (including phenoxy) is 1. The molecule has 5 heteroatoms. The number of benzene rings is 1. The summed E-state index contributed by atoms with van der Waals surface area (Å²) in [5.41, 5.74) is 1.06. The maximum atomic E-state index is 13.0. The maximum Gasteiger partial charge on any atom is 0.290 e. The predicted molar refractivity (Wildman–Crippen MR) is 108 cm³/mol. The van der Waals surface area contributed by atoms with Gasteiger partial charge in [0.05, 0.1) is 17.7 Å². The molecule has 1 unspecified atom stereocenters. The van der Waals surface area contributed by atoms with E-state index in [0.29, 0.717) is 12.2 Å². The summed E-state index contributed by atoms with van der Waals surface area (Å²) in [5.74, 6) is -0.0912. The summed E-state index contributed by atoms with van der Waals surface area (Å²) in [6.07, 6.45) is 4.27. The minimum atomic E-state index is -0.544. The van der Waals surface area contributed by atoms with Gasteiger partial charge in [-0.05, 0) is 50.3 Å². The second-order valence-electron chi connectivity index (χ2n) is 8.58. The lowest BCUT2D eigenvalue weighted by molar-refractivity contribution is -0.131. The van der Waals surface area contributed by atoms with Crippen LogP contribution in [0.4, 0.5) is 0 Å². The zero-order valence-corrected chi connectivity index (χ0v) is 17.3. The molecule has 0 saturated heterocycles. The van der Waals surface area contributed by atoms with Gasteiger partial charge in [0.1, 0.15) is 5.75 Å². The van der Waals surface area contributed by atoms with Crippen molar-refractivity contribution in [3.05, 3.63) is 41.2 Å². The molecular formula is C23H31NO4. The lowest BCUT2D eigenvalue weighted by atomic mass is 9.91. The normalized spacial score (nSPS) is 20.7. The van der Waals surface area contributed by atoms with Crippen LogP contribution in [-0.2, 0) is 9.59 Å². The van der Waals surface area contributed by atoms with E-state index < -0.39 is 11.9 Å². The van der Waals surface area contributed by atoms with Crippen molar-refractivity contribution in [1.82, 2.24) is 4.90 Å². The summed E-state index contributed by atoms with van der Waals surface area (Å²) in [4.78, 5) is 27.7. The molecule has 2 aliphatic rings. The molecule has 0 spiro atoms. The molecule has 5 nitrogen and oxygen atoms in total. The third kappa shape index (κ3) is 4.08. The molecule has 1 fully saturated rings. The predicted octanol–water partition coefficient (Wildman–Crippen LogP) is 4.73. The summed E-state index contributed by atoms with van der Waals surface area (Å²) in [7, 11) is 0. The number of hydrogen-bond donors (Lipinski definition) is 1. The number of hydrogen-bond acceptors (Lipinski definition) is 4. The number of carbonyl (C=O) groups excluding carboxylic acids is 2. The van der Waals surface area contributed by atoms with E-state index in [2.05, 4.69) is 0 Å². The highest BCUT2D eigenvalue weighted by Crippen LogP contribution is 2.43. The van der Waals surface area contributed by atoms with Crippen LogP contribution in [0.2, 0.25) is 0 Å². The van der Waals surface area contributed by atoms with Gasteiger partial charge in [-0.1, -0.05) is 38.8 Å². The third-order valence-corrected chi connectivity index (χ3v) is 5.40. The molecular weight excluding hydrogens is 354 g/mol. The lowest BCUT2D eigenvalue weighted by Gasteiger charge is -2.32. The van der Waals surface area contributed by atoms with Crippen LogP contribution in [0.1, 0.15) is 71.4 Å². The number of rotatable bonds is 7. The Hall–Kier alpha value is -2.30. The zero-order chi connectivity index (χ0) is 20.4. The molecule has 1 saturated carbocycles. The molecule has 1 heterocycles. The third-order valence-electron chi connectivity index (χ3n) is 5.40. The molecule has 1 aromatic rings. The first-order valence-electron chi connectivity index (χ1n) is 10.3. The monoisotopic (exact) mass is 385 g/mol. The molecule has 1 atom stereocenters. The second-order valence-corrected chi connectivity index (χ2v) is 8.58. The molecule has 1 N–H and O–H groups in total. The first-order valence-corrected chi connectivity index (χ1v) is 10.3. The number of aliphatic hydroxyl groups is 1. The van der Waals surface area contributed by atoms with E-state index in [-0.39, 0.29) is 35.2 Å². The van der Waals surface area contributed by atoms with Crippen LogP contribution in [0.25, 0.3) is 0 Å². The van der Waals surface area contributed by atoms with E-state index in [9.17, 15) is 14.7 Å². The highest BCUT2D eigenvalue weighted by atomic mass is 16.5. The van der Waals surface area contributed by atoms with E-state index in [1.165, 1.54) is 0 Å². The van der Waals surface area contributed by atoms with Gasteiger partial charge in [-0.3, -0.25) is 9.59 Å². The molecule has 1 amide bonds. The van der Waals surface area contributed by atoms with Crippen molar-refractivity contribution in [2.24, 2.45) is 5.92 Å². The maximum absolute atomic E-state index is 13.0. The molecule has 1 aliphatic heterocycles. The molecule has 1 aromatic carbocycles. The van der Waals surface area contributed by atoms with Gasteiger partial charge >= 0.3 is 0 Å². The van der Waals surface area contributed by atoms with Crippen molar-refractivity contribution in [3.63, 3.8) is 0 Å². The quantitative estimate of drug-likeness (QED) is 0.737. The number of amides is 1. The van der Waals surface area contributed by atoms with E-state index in [1.54, 1.807) is 4.90 Å². The van der Waals surface area contributed by atoms with Gasteiger partial charge in [0.2, 0.25) is 0 Å². The highest BCUT2D eigenvalue weighted by molar-refractivity contribution is 6.09. The Balaban J connectivity index is 2.04. The van der Waals surface area contributed by atoms with Gasteiger partial charge in [-0.2, -0.15) is 0 Å². The van der Waals surface area contributed by atoms with Crippen LogP contribution in [0.15, 0.2) is 35.6 Å². The molecule has 1 aliphatic carbocycles. The largest absolute Gasteiger partial charge is 0.503 e. The average Bonchev–Trinajstić information content (AvgIpc) is 3.21. The summed E-state index contributed by atoms with van der Waals surface area (Å²) in [6.45, 7) is 7.85. The number of carbonyl (C=O) groups is 2. The fraction of sp³-hybridized carbons (Fsp3) is 0.565. The van der Waals surface area contributed by atoms with Crippen LogP contribution < -0.4 is 4.74 Å². The Morgan fingerprint density at radius 1 is 1.21 bits per heavy atom. The van der Waals surface area contributed by atoms with Gasteiger partial charge < -0.3 is 14.7 Å². The van der Waals surface area contributed by atoms with Gasteiger partial charge in [0.25, 0.3) is 5.91 Å². The summed E-state index contributed by atoms with van der Waals surface area (Å²) in [6, 6.07) is 7.07. The Kier molecular flexibility index (Phi) is 6.11. The van der Waals surface area contributed by atoms with Crippen molar-refractivity contribution in [1.29, 1.82) is 0 Å². The van der Waals surface area contributed by atoms with Gasteiger partial charge in [-0.25, -0.2) is 0 Å². The van der Waals surface area contributed by atoms with Gasteiger partial charge in [-0.15, -0.1) is 0 Å². The average molecular weight is 386 g/mol. The summed E-state index contributed by atoms with van der Waals surface area (Å²) in [5, 5.41) is 10.7. The van der Waals surface area contributed by atoms with Gasteiger partial charge in [0, 0.05) is 12.5 Å². The minimum Gasteiger partial charge on any atom is -0.503 e. The van der Waals surface area contributed by atoms with Crippen molar-refractivity contribution in [2.75, 3.05) is 0 Å². The zero-order valence-electron chi connectivity index (χ0n) is 17.3.